The van der Waals surface area contributed by atoms with E-state index in [9.17, 15) is 134 Å². The van der Waals surface area contributed by atoms with E-state index in [1.807, 2.05) is 43.0 Å². The van der Waals surface area contributed by atoms with Crippen molar-refractivity contribution in [2.45, 2.75) is 285 Å². The van der Waals surface area contributed by atoms with Crippen molar-refractivity contribution in [2.75, 3.05) is 61.2 Å². The number of carbonyl (C=O) groups is 5. The topological polar surface area (TPSA) is 181 Å². The Kier molecular flexibility index (Phi) is 41.7. The van der Waals surface area contributed by atoms with Gasteiger partial charge in [-0.2, -0.15) is 92.2 Å². The summed E-state index contributed by atoms with van der Waals surface area (Å²) in [6.07, 6.45) is -34.0. The van der Waals surface area contributed by atoms with Gasteiger partial charge in [0.15, 0.2) is 5.67 Å². The predicted molar refractivity (Wildman–Crippen MR) is 388 cm³/mol. The van der Waals surface area contributed by atoms with Gasteiger partial charge in [0.1, 0.15) is 22.8 Å². The molecular formula is C80H111F26N3O11. The molecule has 1 amide bonds. The first-order valence-corrected chi connectivity index (χ1v) is 39.8. The number of carboxylic acids is 2. The van der Waals surface area contributed by atoms with E-state index in [0.717, 1.165) is 24.0 Å². The number of rotatable bonds is 18. The van der Waals surface area contributed by atoms with Crippen molar-refractivity contribution in [3.63, 3.8) is 0 Å². The summed E-state index contributed by atoms with van der Waals surface area (Å²) in [7, 11) is 5.43. The zero-order chi connectivity index (χ0) is 91.5. The average Bonchev–Trinajstić information content (AvgIpc) is 0.795. The van der Waals surface area contributed by atoms with Crippen LogP contribution in [-0.2, 0) is 46.5 Å². The molecule has 14 nitrogen and oxygen atoms in total. The van der Waals surface area contributed by atoms with Crippen LogP contribution >= 0.6 is 0 Å². The predicted octanol–water partition coefficient (Wildman–Crippen LogP) is 22.7. The standard InChI is InChI=1S/C18H23F4NO2.C18H25F4NO.C10H17F4N.C9H12F4O2.C9H13F3O2.C8H10F4O2.C8H11F3O2/c1-3-23(12-13-4-6-15(25-2)7-5-13)16(24)17(19)10-8-14(9-11-17)18(20,21)22;1-3-23(12-14-4-6-16(24-2)7-5-14)13-17(19)10-8-15(9-11-17)18(20,21)22;1-2-15-7-9(11)5-3-8(4-6-9)10(12,13)14;1-15-7(14)8(10)4-2-6(3-5-8)9(11,12)13;1-14-8(13)6-2-4-7(5-3-6)9(10,11)12;9-7(6(13)14)3-1-5(2-4-7)8(10,11)12;9-8(10,11)6-3-1-5(2-4-6)7(12)13/h4-7,14H,3,8-12H2,1-2H3;4-7,15H,3,8-13H2,1-2H3;8,15H,2-7H2,1H3;6H,2-5H2,1H3;6-7H,2-5H2,1H3;5H,1-4H2,(H,13,14);5-6H,1-4H2,(H,12,13). The van der Waals surface area contributed by atoms with Crippen LogP contribution in [0.1, 0.15) is 212 Å². The second kappa shape index (κ2) is 46.5. The summed E-state index contributed by atoms with van der Waals surface area (Å²) in [5, 5.41) is 19.8. The van der Waals surface area contributed by atoms with Gasteiger partial charge < -0.3 is 39.4 Å². The van der Waals surface area contributed by atoms with Crippen LogP contribution in [0.15, 0.2) is 48.5 Å². The normalized spacial score (nSPS) is 28.8. The molecule has 3 N–H and O–H groups in total. The van der Waals surface area contributed by atoms with Gasteiger partial charge in [-0.25, -0.2) is 31.5 Å². The molecule has 9 rings (SSSR count). The first kappa shape index (κ1) is 108. The van der Waals surface area contributed by atoms with E-state index in [1.54, 1.807) is 45.4 Å². The molecule has 0 aliphatic heterocycles. The minimum absolute atomic E-state index is 0.0176. The molecule has 0 radical (unpaired) electrons. The molecule has 7 fully saturated rings. The Morgan fingerprint density at radius 3 is 0.967 bits per heavy atom. The number of nitrogens with zero attached hydrogens (tertiary/aromatic N) is 2. The van der Waals surface area contributed by atoms with Crippen LogP contribution in [0, 0.1) is 53.3 Å². The van der Waals surface area contributed by atoms with Gasteiger partial charge in [0.05, 0.1) is 81.7 Å². The number of hydrogen-bond donors (Lipinski definition) is 3. The van der Waals surface area contributed by atoms with Gasteiger partial charge in [0.2, 0.25) is 11.3 Å². The molecule has 0 unspecified atom stereocenters. The second-order valence-electron chi connectivity index (χ2n) is 31.7. The molecule has 0 atom stereocenters. The Morgan fingerprint density at radius 2 is 0.683 bits per heavy atom. The highest BCUT2D eigenvalue weighted by Gasteiger charge is 2.55. The van der Waals surface area contributed by atoms with Gasteiger partial charge in [0, 0.05) is 32.7 Å². The third-order valence-corrected chi connectivity index (χ3v) is 23.4. The lowest BCUT2D eigenvalue weighted by atomic mass is 9.79. The summed E-state index contributed by atoms with van der Waals surface area (Å²) in [4.78, 5) is 58.7. The lowest BCUT2D eigenvalue weighted by Crippen LogP contribution is -2.48. The smallest absolute Gasteiger partial charge is 0.391 e. The molecule has 7 aliphatic rings. The third-order valence-electron chi connectivity index (χ3n) is 23.4. The molecule has 120 heavy (non-hydrogen) atoms. The zero-order valence-corrected chi connectivity index (χ0v) is 67.9. The van der Waals surface area contributed by atoms with E-state index in [0.29, 0.717) is 31.9 Å². The first-order valence-electron chi connectivity index (χ1n) is 39.8. The van der Waals surface area contributed by atoms with Crippen LogP contribution in [0.4, 0.5) is 114 Å². The van der Waals surface area contributed by atoms with Crippen molar-refractivity contribution < 1.29 is 167 Å². The van der Waals surface area contributed by atoms with Crippen LogP contribution in [-0.4, -0.2) is 183 Å². The van der Waals surface area contributed by atoms with Crippen molar-refractivity contribution in [3.05, 3.63) is 59.7 Å². The summed E-state index contributed by atoms with van der Waals surface area (Å²) in [5.74, 6) is -14.0. The van der Waals surface area contributed by atoms with E-state index in [1.165, 1.54) is 12.0 Å². The van der Waals surface area contributed by atoms with Gasteiger partial charge in [-0.05, 0) is 235 Å². The molecule has 7 saturated carbocycles. The van der Waals surface area contributed by atoms with E-state index in [2.05, 4.69) is 14.8 Å². The number of aliphatic carboxylic acids is 2. The van der Waals surface area contributed by atoms with Gasteiger partial charge in [0.25, 0.3) is 5.91 Å². The van der Waals surface area contributed by atoms with E-state index in [4.69, 9.17) is 19.7 Å². The van der Waals surface area contributed by atoms with E-state index < -0.39 is 181 Å². The quantitative estimate of drug-likeness (QED) is 0.0948. The number of esters is 2. The maximum Gasteiger partial charge on any atom is 0.391 e. The number of carboxylic acid groups (broad SMARTS) is 2. The molecule has 7 aliphatic carbocycles. The number of amides is 1. The van der Waals surface area contributed by atoms with Gasteiger partial charge >= 0.3 is 67.1 Å². The fourth-order valence-corrected chi connectivity index (χ4v) is 15.4. The van der Waals surface area contributed by atoms with Crippen LogP contribution in [0.25, 0.3) is 0 Å². The largest absolute Gasteiger partial charge is 0.497 e. The van der Waals surface area contributed by atoms with Gasteiger partial charge in [-0.1, -0.05) is 38.1 Å². The lowest BCUT2D eigenvalue weighted by Gasteiger charge is -2.37. The van der Waals surface area contributed by atoms with Crippen LogP contribution < -0.4 is 14.8 Å². The Labute approximate surface area is 681 Å². The molecular weight excluding hydrogens is 1670 g/mol. The number of hydrogen-bond acceptors (Lipinski definition) is 11. The van der Waals surface area contributed by atoms with Crippen molar-refractivity contribution in [1.82, 2.24) is 15.1 Å². The number of halogens is 26. The van der Waals surface area contributed by atoms with Crippen LogP contribution in [0.3, 0.4) is 0 Å². The highest BCUT2D eigenvalue weighted by Crippen LogP contribution is 2.49. The SMILES string of the molecule is CCN(Cc1ccc(OC)cc1)C(=O)C1(F)CCC(C(F)(F)F)CC1.CCN(Cc1ccc(OC)cc1)CC1(F)CCC(C(F)(F)F)CC1.CCNCC1(F)CCC(C(F)(F)F)CC1.COC(=O)C1(F)CCC(C(F)(F)F)CC1.COC(=O)C1CCC(C(F)(F)F)CC1.O=C(O)C1(F)CCC(C(F)(F)F)CC1.O=C(O)C1CCC(C(F)(F)F)CC1. The summed E-state index contributed by atoms with van der Waals surface area (Å²) >= 11 is 0. The number of benzene rings is 2. The Bertz CT molecular complexity index is 3330. The molecule has 0 aromatic heterocycles. The van der Waals surface area contributed by atoms with Crippen molar-refractivity contribution in [3.8, 4) is 11.5 Å². The molecule has 0 spiro atoms. The molecule has 0 bridgehead atoms. The monoisotopic (exact) mass is 1780 g/mol. The molecule has 2 aromatic carbocycles. The highest BCUT2D eigenvalue weighted by atomic mass is 19.4. The summed E-state index contributed by atoms with van der Waals surface area (Å²) in [5.41, 5.74) is -8.00. The van der Waals surface area contributed by atoms with E-state index >= 15 is 4.39 Å². The van der Waals surface area contributed by atoms with Crippen molar-refractivity contribution >= 4 is 29.8 Å². The highest BCUT2D eigenvalue weighted by molar-refractivity contribution is 5.85. The minimum atomic E-state index is -4.33. The minimum Gasteiger partial charge on any atom is -0.497 e. The zero-order valence-electron chi connectivity index (χ0n) is 67.9. The van der Waals surface area contributed by atoms with Gasteiger partial charge in [-0.3, -0.25) is 19.3 Å². The van der Waals surface area contributed by atoms with Crippen LogP contribution in [0.2, 0.25) is 0 Å². The molecule has 694 valence electrons. The number of methoxy groups -OCH3 is 4. The number of carbonyl (C=O) groups excluding carboxylic acids is 3. The number of ether oxygens (including phenoxy) is 4. The summed E-state index contributed by atoms with van der Waals surface area (Å²) < 4.78 is 349. The van der Waals surface area contributed by atoms with Gasteiger partial charge in [-0.15, -0.1) is 0 Å². The molecule has 40 heteroatoms. The second-order valence-corrected chi connectivity index (χ2v) is 31.7. The molecule has 0 heterocycles. The fraction of sp³-hybridized carbons (Fsp3) is 0.787. The molecule has 2 aromatic rings. The molecule has 0 saturated heterocycles. The summed E-state index contributed by atoms with van der Waals surface area (Å²) in [6.45, 7) is 8.26. The van der Waals surface area contributed by atoms with Crippen LogP contribution in [0.5, 0.6) is 11.5 Å². The Balaban J connectivity index is 0.000000368. The maximum absolute atomic E-state index is 15.0. The number of alkyl halides is 26. The number of nitrogens with one attached hydrogen (secondary N) is 1. The third kappa shape index (κ3) is 35.6. The maximum atomic E-state index is 15.0. The lowest BCUT2D eigenvalue weighted by molar-refractivity contribution is -0.193. The Morgan fingerprint density at radius 1 is 0.383 bits per heavy atom. The van der Waals surface area contributed by atoms with Crippen molar-refractivity contribution in [2.24, 2.45) is 53.3 Å². The average molecular weight is 1780 g/mol. The summed E-state index contributed by atoms with van der Waals surface area (Å²) in [6, 6.07) is 14.6. The fourth-order valence-electron chi connectivity index (χ4n) is 15.4. The first-order chi connectivity index (χ1) is 55.2. The Hall–Kier alpha value is -6.51. The van der Waals surface area contributed by atoms with Crippen molar-refractivity contribution in [1.29, 1.82) is 0 Å². The van der Waals surface area contributed by atoms with E-state index in [-0.39, 0.29) is 173 Å².